The first-order valence-corrected chi connectivity index (χ1v) is 14.7. The van der Waals surface area contributed by atoms with Gasteiger partial charge in [0, 0.05) is 0 Å². The van der Waals surface area contributed by atoms with Crippen LogP contribution >= 0.6 is 0 Å². The Bertz CT molecular complexity index is 1510. The Morgan fingerprint density at radius 2 is 2.05 bits per heavy atom. The molecule has 1 aromatic carbocycles. The number of benzene rings is 1. The Hall–Kier alpha value is -3.76. The number of hydrogen-bond acceptors (Lipinski definition) is 5. The Morgan fingerprint density at radius 1 is 1.30 bits per heavy atom. The number of nitrogens with zero attached hydrogens (tertiary/aromatic N) is 3. The van der Waals surface area contributed by atoms with E-state index >= 15 is 0 Å². The van der Waals surface area contributed by atoms with Crippen LogP contribution in [0.2, 0.25) is 0 Å². The third kappa shape index (κ3) is 6.31. The van der Waals surface area contributed by atoms with Crippen LogP contribution in [0.25, 0.3) is 11.4 Å². The normalized spacial score (nSPS) is 20.2. The minimum absolute atomic E-state index is 0.193. The number of aliphatic hydroxyl groups is 1. The summed E-state index contributed by atoms with van der Waals surface area (Å²) in [5.74, 6) is -1.08. The van der Waals surface area contributed by atoms with E-state index in [1.165, 1.54) is 18.9 Å². The molecule has 0 spiro atoms. The van der Waals surface area contributed by atoms with Crippen molar-refractivity contribution in [2.24, 2.45) is 11.8 Å². The number of hydrogen-bond donors (Lipinski definition) is 2. The zero-order valence-corrected chi connectivity index (χ0v) is 24.3. The Balaban J connectivity index is 1.49. The molecule has 1 saturated carbocycles. The molecule has 0 amide bonds. The van der Waals surface area contributed by atoms with Crippen LogP contribution in [0.3, 0.4) is 0 Å². The number of fused-ring (bicyclic) bond motifs is 1. The molecular formula is C32H36BF4N4O2. The third-order valence-corrected chi connectivity index (χ3v) is 8.63. The first-order chi connectivity index (χ1) is 20.4. The monoisotopic (exact) mass is 595 g/mol. The maximum absolute atomic E-state index is 14.9. The Kier molecular flexibility index (Phi) is 8.63. The quantitative estimate of drug-likeness (QED) is 0.166. The van der Waals surface area contributed by atoms with Crippen molar-refractivity contribution in [3.8, 4) is 5.75 Å². The van der Waals surface area contributed by atoms with Crippen molar-refractivity contribution in [2.45, 2.75) is 70.7 Å². The number of aryl methyl sites for hydroxylation is 1. The molecule has 1 fully saturated rings. The average molecular weight is 595 g/mol. The fourth-order valence-corrected chi connectivity index (χ4v) is 6.31. The number of nitrogens with two attached hydrogens (primary N) is 1. The van der Waals surface area contributed by atoms with Gasteiger partial charge in [-0.1, -0.05) is 0 Å². The molecule has 2 heterocycles. The van der Waals surface area contributed by atoms with Gasteiger partial charge in [-0.05, 0) is 12.8 Å². The van der Waals surface area contributed by atoms with Crippen LogP contribution in [0.4, 0.5) is 23.2 Å². The van der Waals surface area contributed by atoms with E-state index in [1.807, 2.05) is 22.6 Å². The molecule has 1 aromatic heterocycles. The van der Waals surface area contributed by atoms with Crippen molar-refractivity contribution < 1.29 is 27.4 Å². The van der Waals surface area contributed by atoms with Gasteiger partial charge < -0.3 is 4.74 Å². The summed E-state index contributed by atoms with van der Waals surface area (Å²) in [6, 6.07) is 2.00. The molecule has 3 N–H and O–H groups in total. The molecule has 2 atom stereocenters. The number of anilines is 1. The molecule has 6 nitrogen and oxygen atoms in total. The summed E-state index contributed by atoms with van der Waals surface area (Å²) in [5, 5.41) is 16.1. The SMILES string of the molecule is [B]=C(C=C)CCCc1nn(C2=CCC(C3CC3)C=C2O)c2c1C(CC)N(C(=C)c1ccc(OC(F)(F)F)c(F)c1N)CC2. The molecule has 3 aliphatic rings. The fourth-order valence-electron chi connectivity index (χ4n) is 6.31. The van der Waals surface area contributed by atoms with Gasteiger partial charge in [0.2, 0.25) is 0 Å². The van der Waals surface area contributed by atoms with E-state index in [1.54, 1.807) is 6.08 Å². The molecule has 1 aliphatic heterocycles. The number of aromatic nitrogens is 2. The Morgan fingerprint density at radius 3 is 2.67 bits per heavy atom. The van der Waals surface area contributed by atoms with Crippen molar-refractivity contribution in [2.75, 3.05) is 12.3 Å². The van der Waals surface area contributed by atoms with Crippen molar-refractivity contribution in [3.05, 3.63) is 77.6 Å². The number of ether oxygens (including phenoxy) is 1. The molecule has 0 saturated heterocycles. The molecule has 43 heavy (non-hydrogen) atoms. The molecule has 11 heteroatoms. The second-order valence-corrected chi connectivity index (χ2v) is 11.4. The van der Waals surface area contributed by atoms with Gasteiger partial charge in [-0.15, -0.1) is 13.2 Å². The number of nitrogen functional groups attached to an aromatic ring is 1. The van der Waals surface area contributed by atoms with Gasteiger partial charge in [0.05, 0.1) is 0 Å². The van der Waals surface area contributed by atoms with Crippen molar-refractivity contribution in [1.29, 1.82) is 0 Å². The Labute approximate surface area is 250 Å². The number of halogens is 4. The van der Waals surface area contributed by atoms with E-state index < -0.39 is 23.6 Å². The van der Waals surface area contributed by atoms with Gasteiger partial charge in [0.25, 0.3) is 0 Å². The first-order valence-electron chi connectivity index (χ1n) is 14.7. The van der Waals surface area contributed by atoms with E-state index in [0.717, 1.165) is 35.9 Å². The van der Waals surface area contributed by atoms with E-state index in [-0.39, 0.29) is 17.4 Å². The first kappa shape index (κ1) is 30.7. The van der Waals surface area contributed by atoms with Crippen molar-refractivity contribution >= 4 is 30.0 Å². The predicted molar refractivity (Wildman–Crippen MR) is 162 cm³/mol. The van der Waals surface area contributed by atoms with Crippen LogP contribution in [0, 0.1) is 17.7 Å². The second kappa shape index (κ2) is 12.1. The van der Waals surface area contributed by atoms with Crippen LogP contribution in [0.1, 0.15) is 74.0 Å². The van der Waals surface area contributed by atoms with Gasteiger partial charge in [0.1, 0.15) is 0 Å². The molecule has 1 radical (unpaired) electrons. The fraction of sp³-hybridized carbons (Fsp3) is 0.438. The average Bonchev–Trinajstić information content (AvgIpc) is 3.76. The summed E-state index contributed by atoms with van der Waals surface area (Å²) in [7, 11) is 6.00. The van der Waals surface area contributed by atoms with Crippen LogP contribution in [0.15, 0.2) is 49.3 Å². The van der Waals surface area contributed by atoms with Crippen LogP contribution in [-0.4, -0.2) is 45.6 Å². The summed E-state index contributed by atoms with van der Waals surface area (Å²) in [4.78, 5) is 2.01. The van der Waals surface area contributed by atoms with Gasteiger partial charge in [-0.2, -0.15) is 0 Å². The van der Waals surface area contributed by atoms with Gasteiger partial charge in [0.15, 0.2) is 5.75 Å². The number of alkyl halides is 3. The molecular weight excluding hydrogens is 559 g/mol. The minimum atomic E-state index is -5.05. The molecule has 5 rings (SSSR count). The van der Waals surface area contributed by atoms with Crippen LogP contribution < -0.4 is 10.5 Å². The van der Waals surface area contributed by atoms with Gasteiger partial charge >= 0.3 is 209 Å². The predicted octanol–water partition coefficient (Wildman–Crippen LogP) is 7.05. The molecule has 0 bridgehead atoms. The third-order valence-electron chi connectivity index (χ3n) is 8.63. The zero-order valence-electron chi connectivity index (χ0n) is 24.3. The summed E-state index contributed by atoms with van der Waals surface area (Å²) < 4.78 is 58.8. The van der Waals surface area contributed by atoms with E-state index in [9.17, 15) is 22.7 Å². The summed E-state index contributed by atoms with van der Waals surface area (Å²) in [6.07, 6.45) is 7.04. The summed E-state index contributed by atoms with van der Waals surface area (Å²) in [5.41, 5.74) is 10.3. The van der Waals surface area contributed by atoms with E-state index in [2.05, 4.69) is 24.0 Å². The number of rotatable bonds is 11. The molecule has 2 aliphatic carbocycles. The number of allylic oxidation sites excluding steroid dienone is 4. The zero-order chi connectivity index (χ0) is 31.1. The van der Waals surface area contributed by atoms with E-state index in [4.69, 9.17) is 18.3 Å². The van der Waals surface area contributed by atoms with Gasteiger partial charge in [-0.3, -0.25) is 0 Å². The summed E-state index contributed by atoms with van der Waals surface area (Å²) in [6.45, 7) is 10.4. The molecule has 2 unspecified atom stereocenters. The van der Waals surface area contributed by atoms with Crippen molar-refractivity contribution in [3.63, 3.8) is 0 Å². The summed E-state index contributed by atoms with van der Waals surface area (Å²) >= 11 is 0. The van der Waals surface area contributed by atoms with Crippen molar-refractivity contribution in [1.82, 2.24) is 14.7 Å². The van der Waals surface area contributed by atoms with Crippen LogP contribution in [0.5, 0.6) is 5.75 Å². The standard InChI is InChI=1S/C32H36BF4N4O2/c1-4-21(33)7-6-8-23-29-24(5-2)40(18(3)22-12-14-28(30(34)31(22)38)43-32(35,36)37)16-15-26(29)41(39-23)25-13-11-20(17-27(25)42)19-9-10-19/h4,12-14,17,19-20,24,42H,1,3,5-11,15-16,38H2,2H3. The molecule has 2 aromatic rings. The van der Waals surface area contributed by atoms with Gasteiger partial charge in [-0.25, -0.2) is 4.39 Å². The second-order valence-electron chi connectivity index (χ2n) is 11.4. The maximum atomic E-state index is 14.9. The topological polar surface area (TPSA) is 76.5 Å². The van der Waals surface area contributed by atoms with E-state index in [0.29, 0.717) is 60.9 Å². The van der Waals surface area contributed by atoms with Crippen LogP contribution in [-0.2, 0) is 12.8 Å². The number of aliphatic hydroxyl groups excluding tert-OH is 1. The molecule has 227 valence electrons.